The van der Waals surface area contributed by atoms with Crippen LogP contribution in [0.3, 0.4) is 0 Å². The Hall–Kier alpha value is -0.805. The van der Waals surface area contributed by atoms with Crippen LogP contribution in [0.2, 0.25) is 0 Å². The zero-order chi connectivity index (χ0) is 22.1. The van der Waals surface area contributed by atoms with E-state index in [1.165, 1.54) is 0 Å². The van der Waals surface area contributed by atoms with Gasteiger partial charge in [0.25, 0.3) is 0 Å². The average Bonchev–Trinajstić information content (AvgIpc) is 2.95. The molecule has 0 bridgehead atoms. The number of aromatic nitrogens is 2. The minimum Gasteiger partial charge on any atom is -0.398 e. The third kappa shape index (κ3) is 2.10. The number of hydrogen-bond donors (Lipinski definition) is 0. The maximum atomic E-state index is 8.29. The second-order valence-electron chi connectivity index (χ2n) is 5.30. The summed E-state index contributed by atoms with van der Waals surface area (Å²) in [5.74, 6) is -0.834. The molecular weight excluding hydrogens is 227 g/mol. The number of nitrogens with zero attached hydrogens (tertiary/aromatic N) is 2. The van der Waals surface area contributed by atoms with Crippen LogP contribution in [0.25, 0.3) is 0 Å². The molecule has 1 saturated heterocycles. The van der Waals surface area contributed by atoms with Gasteiger partial charge >= 0.3 is 7.12 Å². The van der Waals surface area contributed by atoms with Gasteiger partial charge in [0.1, 0.15) is 5.82 Å². The molecule has 0 radical (unpaired) electrons. The van der Waals surface area contributed by atoms with Crippen molar-refractivity contribution >= 4 is 12.7 Å². The van der Waals surface area contributed by atoms with E-state index in [1.807, 2.05) is 0 Å². The lowest BCUT2D eigenvalue weighted by Crippen LogP contribution is -2.41. The highest BCUT2D eigenvalue weighted by molar-refractivity contribution is 6.61. The summed E-state index contributed by atoms with van der Waals surface area (Å²) in [5, 5.41) is 0. The quantitative estimate of drug-likeness (QED) is 0.764. The predicted octanol–water partition coefficient (Wildman–Crippen LogP) is 2.07. The molecule has 0 saturated carbocycles. The average molecular weight is 260 g/mol. The second kappa shape index (κ2) is 4.10. The number of imidazole rings is 1. The van der Waals surface area contributed by atoms with E-state index in [0.717, 1.165) is 6.20 Å². The van der Waals surface area contributed by atoms with Gasteiger partial charge in [-0.05, 0) is 48.3 Å². The van der Waals surface area contributed by atoms with Gasteiger partial charge in [-0.25, -0.2) is 4.98 Å². The predicted molar refractivity (Wildman–Crippen MR) is 73.1 cm³/mol. The van der Waals surface area contributed by atoms with Crippen LogP contribution >= 0.6 is 0 Å². The van der Waals surface area contributed by atoms with Gasteiger partial charge in [-0.15, -0.1) is 0 Å². The van der Waals surface area contributed by atoms with E-state index < -0.39 is 50.7 Å². The first-order valence-electron chi connectivity index (χ1n) is 10.6. The van der Waals surface area contributed by atoms with Gasteiger partial charge in [0.2, 0.25) is 0 Å². The van der Waals surface area contributed by atoms with Crippen LogP contribution in [0.1, 0.15) is 66.9 Å². The Balaban J connectivity index is 2.70. The van der Waals surface area contributed by atoms with Crippen LogP contribution in [-0.4, -0.2) is 27.9 Å². The fourth-order valence-corrected chi connectivity index (χ4v) is 1.65. The molecule has 1 fully saturated rings. The molecular formula is C13H23BN2O2. The van der Waals surface area contributed by atoms with Gasteiger partial charge in [-0.2, -0.15) is 0 Å². The molecule has 0 aliphatic carbocycles. The second-order valence-corrected chi connectivity index (χ2v) is 5.30. The first-order valence-corrected chi connectivity index (χ1v) is 5.61. The minimum absolute atomic E-state index is 0.116. The fraction of sp³-hybridized carbons (Fsp3) is 0.769. The number of rotatable bonds is 2. The highest BCUT2D eigenvalue weighted by Gasteiger charge is 2.52. The minimum atomic E-state index is -3.37. The van der Waals surface area contributed by atoms with E-state index in [2.05, 4.69) is 4.98 Å². The highest BCUT2D eigenvalue weighted by atomic mass is 16.7. The smallest absolute Gasteiger partial charge is 0.398 e. The molecule has 0 atom stereocenters. The molecule has 1 aromatic heterocycles. The molecule has 0 aromatic carbocycles. The molecule has 4 nitrogen and oxygen atoms in total. The van der Waals surface area contributed by atoms with Gasteiger partial charge in [0.05, 0.1) is 18.2 Å². The van der Waals surface area contributed by atoms with Gasteiger partial charge in [-0.3, -0.25) is 0 Å². The van der Waals surface area contributed by atoms with E-state index in [4.69, 9.17) is 23.0 Å². The molecule has 0 unspecified atom stereocenters. The molecule has 0 amide bonds. The molecule has 18 heavy (non-hydrogen) atoms. The van der Waals surface area contributed by atoms with E-state index in [-0.39, 0.29) is 5.59 Å². The molecule has 0 N–H and O–H groups in total. The van der Waals surface area contributed by atoms with Crippen molar-refractivity contribution in [3.05, 3.63) is 12.0 Å². The molecule has 2 rings (SSSR count). The van der Waals surface area contributed by atoms with Crippen molar-refractivity contribution in [2.45, 2.75) is 65.5 Å². The van der Waals surface area contributed by atoms with Crippen LogP contribution in [0, 0.1) is 6.85 Å². The summed E-state index contributed by atoms with van der Waals surface area (Å²) in [6, 6.07) is -3.27. The largest absolute Gasteiger partial charge is 0.516 e. The van der Waals surface area contributed by atoms with Gasteiger partial charge in [0.15, 0.2) is 0 Å². The normalized spacial score (nSPS) is 32.8. The van der Waals surface area contributed by atoms with Crippen molar-refractivity contribution in [1.82, 2.24) is 9.55 Å². The summed E-state index contributed by atoms with van der Waals surface area (Å²) in [7, 11) is -1.15. The molecule has 5 heteroatoms. The van der Waals surface area contributed by atoms with Gasteiger partial charge in [-0.1, -0.05) is 0 Å². The molecule has 1 aromatic rings. The van der Waals surface area contributed by atoms with Crippen molar-refractivity contribution < 1.29 is 23.0 Å². The lowest BCUT2D eigenvalue weighted by atomic mass is 9.86. The Labute approximate surface area is 124 Å². The highest BCUT2D eigenvalue weighted by Crippen LogP contribution is 2.36. The number of hydrogen-bond acceptors (Lipinski definition) is 3. The SMILES string of the molecule is [2H]C([2H])([2H])c1nc(B2OC(C)(C)C(C)(C)O2)cn1C([2H])(C([2H])([2H])[2H])C([2H])([2H])[2H]. The van der Waals surface area contributed by atoms with Crippen LogP contribution in [0.4, 0.5) is 0 Å². The van der Waals surface area contributed by atoms with Crippen LogP contribution < -0.4 is 5.59 Å². The van der Waals surface area contributed by atoms with Crippen molar-refractivity contribution in [2.75, 3.05) is 0 Å². The summed E-state index contributed by atoms with van der Waals surface area (Å²) in [5.41, 5.74) is -1.68. The lowest BCUT2D eigenvalue weighted by molar-refractivity contribution is 0.00578. The standard InChI is InChI=1S/C13H23BN2O2/c1-9(2)16-8-11(15-10(16)3)14-17-12(4,5)13(6,7)18-14/h8-9H,1-7H3/i1D3,2D3,3D3,9D. The van der Waals surface area contributed by atoms with E-state index in [1.54, 1.807) is 27.7 Å². The monoisotopic (exact) mass is 260 g/mol. The third-order valence-electron chi connectivity index (χ3n) is 3.46. The van der Waals surface area contributed by atoms with Crippen molar-refractivity contribution in [3.63, 3.8) is 0 Å². The Kier molecular flexibility index (Phi) is 1.29. The Bertz CT molecular complexity index is 720. The van der Waals surface area contributed by atoms with Crippen molar-refractivity contribution in [1.29, 1.82) is 0 Å². The first kappa shape index (κ1) is 5.67. The molecule has 1 aliphatic heterocycles. The fourth-order valence-electron chi connectivity index (χ4n) is 1.65. The maximum Gasteiger partial charge on any atom is 0.516 e. The molecule has 1 aliphatic rings. The van der Waals surface area contributed by atoms with E-state index >= 15 is 0 Å². The van der Waals surface area contributed by atoms with Gasteiger partial charge < -0.3 is 13.9 Å². The van der Waals surface area contributed by atoms with Crippen LogP contribution in [0.15, 0.2) is 6.20 Å². The number of aryl methyl sites for hydroxylation is 1. The van der Waals surface area contributed by atoms with Crippen molar-refractivity contribution in [2.24, 2.45) is 0 Å². The maximum absolute atomic E-state index is 8.29. The van der Waals surface area contributed by atoms with Crippen molar-refractivity contribution in [3.8, 4) is 0 Å². The zero-order valence-corrected chi connectivity index (χ0v) is 10.9. The lowest BCUT2D eigenvalue weighted by Gasteiger charge is -2.32. The summed E-state index contributed by atoms with van der Waals surface area (Å²) in [6.07, 6.45) is 0.912. The summed E-state index contributed by atoms with van der Waals surface area (Å²) < 4.78 is 88.9. The molecule has 2 heterocycles. The third-order valence-corrected chi connectivity index (χ3v) is 3.46. The summed E-state index contributed by atoms with van der Waals surface area (Å²) in [6.45, 7) is -2.67. The Morgan fingerprint density at radius 1 is 1.33 bits per heavy atom. The molecule has 0 spiro atoms. The first-order chi connectivity index (χ1) is 12.2. The Morgan fingerprint density at radius 3 is 2.44 bits per heavy atom. The van der Waals surface area contributed by atoms with Gasteiger partial charge in [0, 0.05) is 24.6 Å². The Morgan fingerprint density at radius 2 is 1.94 bits per heavy atom. The van der Waals surface area contributed by atoms with E-state index in [0.29, 0.717) is 4.57 Å². The van der Waals surface area contributed by atoms with Crippen LogP contribution in [0.5, 0.6) is 0 Å². The molecule has 100 valence electrons. The summed E-state index contributed by atoms with van der Waals surface area (Å²) >= 11 is 0. The van der Waals surface area contributed by atoms with E-state index in [9.17, 15) is 0 Å². The van der Waals surface area contributed by atoms with Crippen LogP contribution in [-0.2, 0) is 9.31 Å². The zero-order valence-electron chi connectivity index (χ0n) is 20.9. The summed E-state index contributed by atoms with van der Waals surface area (Å²) in [4.78, 5) is 3.92. The topological polar surface area (TPSA) is 36.3 Å².